The molecule has 1 aromatic rings. The molecule has 0 aliphatic rings. The first-order chi connectivity index (χ1) is 5.41. The van der Waals surface area contributed by atoms with Crippen molar-refractivity contribution in [3.63, 3.8) is 0 Å². The van der Waals surface area contributed by atoms with Crippen molar-refractivity contribution in [1.29, 1.82) is 0 Å². The SMILES string of the molecule is Cc1ccc(C(F)(F)F)c(C)[nH+]1. The van der Waals surface area contributed by atoms with Gasteiger partial charge in [-0.05, 0) is 6.07 Å². The minimum atomic E-state index is -4.26. The standard InChI is InChI=1S/C8H8F3N/c1-5-3-4-7(6(2)12-5)8(9,10)11/h3-4H,1-2H3/p+1. The molecule has 1 rings (SSSR count). The fourth-order valence-corrected chi connectivity index (χ4v) is 1.05. The van der Waals surface area contributed by atoms with Gasteiger partial charge in [0.1, 0.15) is 5.56 Å². The average molecular weight is 176 g/mol. The lowest BCUT2D eigenvalue weighted by atomic mass is 10.2. The molecule has 0 radical (unpaired) electrons. The largest absolute Gasteiger partial charge is 0.422 e. The van der Waals surface area contributed by atoms with E-state index in [1.165, 1.54) is 13.0 Å². The number of aromatic amines is 1. The number of alkyl halides is 3. The van der Waals surface area contributed by atoms with Crippen LogP contribution in [0.1, 0.15) is 17.0 Å². The predicted molar refractivity (Wildman–Crippen MR) is 37.5 cm³/mol. The molecule has 1 nitrogen and oxygen atoms in total. The topological polar surface area (TPSA) is 14.1 Å². The smallest absolute Gasteiger partial charge is 0.213 e. The average Bonchev–Trinajstić information content (AvgIpc) is 1.83. The van der Waals surface area contributed by atoms with Gasteiger partial charge in [-0.2, -0.15) is 13.2 Å². The van der Waals surface area contributed by atoms with Crippen LogP contribution in [-0.4, -0.2) is 0 Å². The third kappa shape index (κ3) is 1.75. The Bertz CT molecular complexity index is 291. The Hall–Kier alpha value is -1.06. The molecular weight excluding hydrogens is 167 g/mol. The van der Waals surface area contributed by atoms with Gasteiger partial charge in [-0.3, -0.25) is 0 Å². The van der Waals surface area contributed by atoms with Gasteiger partial charge < -0.3 is 0 Å². The molecule has 0 atom stereocenters. The van der Waals surface area contributed by atoms with Crippen LogP contribution in [0.5, 0.6) is 0 Å². The van der Waals surface area contributed by atoms with Gasteiger partial charge in [0.2, 0.25) is 0 Å². The van der Waals surface area contributed by atoms with E-state index < -0.39 is 11.7 Å². The molecule has 0 saturated heterocycles. The van der Waals surface area contributed by atoms with E-state index in [4.69, 9.17) is 0 Å². The highest BCUT2D eigenvalue weighted by molar-refractivity contribution is 5.19. The van der Waals surface area contributed by atoms with E-state index >= 15 is 0 Å². The number of aryl methyl sites for hydroxylation is 2. The highest BCUT2D eigenvalue weighted by Crippen LogP contribution is 2.29. The predicted octanol–water partition coefficient (Wildman–Crippen LogP) is 2.14. The van der Waals surface area contributed by atoms with Crippen molar-refractivity contribution < 1.29 is 18.2 Å². The van der Waals surface area contributed by atoms with Crippen molar-refractivity contribution in [2.24, 2.45) is 0 Å². The lowest BCUT2D eigenvalue weighted by molar-refractivity contribution is -0.400. The Morgan fingerprint density at radius 1 is 1.17 bits per heavy atom. The number of halogens is 3. The molecule has 0 amide bonds. The molecule has 0 bridgehead atoms. The van der Waals surface area contributed by atoms with Gasteiger partial charge in [-0.25, -0.2) is 4.98 Å². The van der Waals surface area contributed by atoms with E-state index in [1.807, 2.05) is 0 Å². The van der Waals surface area contributed by atoms with E-state index in [1.54, 1.807) is 6.92 Å². The van der Waals surface area contributed by atoms with Crippen molar-refractivity contribution >= 4 is 0 Å². The van der Waals surface area contributed by atoms with Crippen LogP contribution in [0.2, 0.25) is 0 Å². The fraction of sp³-hybridized carbons (Fsp3) is 0.375. The van der Waals surface area contributed by atoms with E-state index in [2.05, 4.69) is 4.98 Å². The third-order valence-corrected chi connectivity index (χ3v) is 1.59. The molecule has 1 heterocycles. The van der Waals surface area contributed by atoms with Gasteiger partial charge in [0.05, 0.1) is 0 Å². The molecule has 0 fully saturated rings. The molecule has 66 valence electrons. The zero-order chi connectivity index (χ0) is 9.35. The van der Waals surface area contributed by atoms with Crippen LogP contribution in [0.3, 0.4) is 0 Å². The van der Waals surface area contributed by atoms with Gasteiger partial charge >= 0.3 is 6.18 Å². The Labute approximate surface area is 68.2 Å². The van der Waals surface area contributed by atoms with E-state index in [0.717, 1.165) is 11.8 Å². The summed E-state index contributed by atoms with van der Waals surface area (Å²) in [6.07, 6.45) is -4.26. The monoisotopic (exact) mass is 176 g/mol. The summed E-state index contributed by atoms with van der Waals surface area (Å²) in [4.78, 5) is 2.63. The molecule has 0 aliphatic heterocycles. The van der Waals surface area contributed by atoms with E-state index in [9.17, 15) is 13.2 Å². The fourth-order valence-electron chi connectivity index (χ4n) is 1.05. The van der Waals surface area contributed by atoms with E-state index in [0.29, 0.717) is 0 Å². The van der Waals surface area contributed by atoms with Gasteiger partial charge in [-0.15, -0.1) is 0 Å². The van der Waals surface area contributed by atoms with Crippen LogP contribution in [0.15, 0.2) is 12.1 Å². The van der Waals surface area contributed by atoms with Crippen molar-refractivity contribution in [2.45, 2.75) is 20.0 Å². The first kappa shape index (κ1) is 9.03. The zero-order valence-corrected chi connectivity index (χ0v) is 6.79. The van der Waals surface area contributed by atoms with Crippen LogP contribution in [0.25, 0.3) is 0 Å². The summed E-state index contributed by atoms with van der Waals surface area (Å²) in [6.45, 7) is 3.13. The number of H-pyrrole nitrogens is 1. The first-order valence-electron chi connectivity index (χ1n) is 3.48. The van der Waals surface area contributed by atoms with Crippen molar-refractivity contribution in [1.82, 2.24) is 0 Å². The molecule has 1 aromatic heterocycles. The quantitative estimate of drug-likeness (QED) is 0.575. The molecule has 0 spiro atoms. The highest BCUT2D eigenvalue weighted by atomic mass is 19.4. The molecule has 0 saturated carbocycles. The Morgan fingerprint density at radius 3 is 2.17 bits per heavy atom. The second kappa shape index (κ2) is 2.77. The molecule has 0 unspecified atom stereocenters. The second-order valence-corrected chi connectivity index (χ2v) is 2.68. The number of hydrogen-bond acceptors (Lipinski definition) is 0. The Balaban J connectivity index is 3.19. The summed E-state index contributed by atoms with van der Waals surface area (Å²) in [5, 5.41) is 0. The maximum absolute atomic E-state index is 12.2. The summed E-state index contributed by atoms with van der Waals surface area (Å²) < 4.78 is 36.5. The van der Waals surface area contributed by atoms with Gasteiger partial charge in [-0.1, -0.05) is 0 Å². The summed E-state index contributed by atoms with van der Waals surface area (Å²) in [7, 11) is 0. The number of pyridine rings is 1. The highest BCUT2D eigenvalue weighted by Gasteiger charge is 2.35. The third-order valence-electron chi connectivity index (χ3n) is 1.59. The van der Waals surface area contributed by atoms with Crippen LogP contribution in [0, 0.1) is 13.8 Å². The van der Waals surface area contributed by atoms with Crippen molar-refractivity contribution in [3.05, 3.63) is 29.1 Å². The zero-order valence-electron chi connectivity index (χ0n) is 6.79. The van der Waals surface area contributed by atoms with Crippen molar-refractivity contribution in [2.75, 3.05) is 0 Å². The Kier molecular flexibility index (Phi) is 2.08. The molecule has 1 N–H and O–H groups in total. The van der Waals surface area contributed by atoms with Crippen molar-refractivity contribution in [3.8, 4) is 0 Å². The minimum Gasteiger partial charge on any atom is -0.213 e. The number of hydrogen-bond donors (Lipinski definition) is 0. The molecule has 12 heavy (non-hydrogen) atoms. The minimum absolute atomic E-state index is 0.155. The number of aromatic nitrogens is 1. The molecule has 0 aliphatic carbocycles. The molecular formula is C8H9F3N+. The summed E-state index contributed by atoms with van der Waals surface area (Å²) in [6, 6.07) is 2.50. The van der Waals surface area contributed by atoms with E-state index in [-0.39, 0.29) is 5.69 Å². The summed E-state index contributed by atoms with van der Waals surface area (Å²) in [5.41, 5.74) is 0.274. The van der Waals surface area contributed by atoms with Gasteiger partial charge in [0.15, 0.2) is 11.4 Å². The first-order valence-corrected chi connectivity index (χ1v) is 3.48. The van der Waals surface area contributed by atoms with Crippen LogP contribution in [-0.2, 0) is 6.18 Å². The van der Waals surface area contributed by atoms with Crippen LogP contribution >= 0.6 is 0 Å². The molecule has 4 heteroatoms. The summed E-state index contributed by atoms with van der Waals surface area (Å²) >= 11 is 0. The molecule has 0 aromatic carbocycles. The number of rotatable bonds is 0. The normalized spacial score (nSPS) is 11.8. The maximum Gasteiger partial charge on any atom is 0.422 e. The summed E-state index contributed by atoms with van der Waals surface area (Å²) in [5.74, 6) is 0. The second-order valence-electron chi connectivity index (χ2n) is 2.68. The lowest BCUT2D eigenvalue weighted by Gasteiger charge is -2.05. The Morgan fingerprint density at radius 2 is 1.75 bits per heavy atom. The maximum atomic E-state index is 12.2. The van der Waals surface area contributed by atoms with Crippen LogP contribution < -0.4 is 4.98 Å². The lowest BCUT2D eigenvalue weighted by Crippen LogP contribution is -2.19. The van der Waals surface area contributed by atoms with Gasteiger partial charge in [0, 0.05) is 19.9 Å². The van der Waals surface area contributed by atoms with Gasteiger partial charge in [0.25, 0.3) is 0 Å². The number of nitrogens with one attached hydrogen (secondary N) is 1. The van der Waals surface area contributed by atoms with Crippen LogP contribution in [0.4, 0.5) is 13.2 Å².